The van der Waals surface area contributed by atoms with E-state index in [9.17, 15) is 0 Å². The Bertz CT molecular complexity index is 973. The molecule has 2 aromatic carbocycles. The molecule has 4 rings (SSSR count). The van der Waals surface area contributed by atoms with E-state index in [2.05, 4.69) is 112 Å². The molecule has 1 aliphatic carbocycles. The number of pyridine rings is 1. The summed E-state index contributed by atoms with van der Waals surface area (Å²) >= 11 is 0. The Kier molecular flexibility index (Phi) is 6.69. The zero-order chi connectivity index (χ0) is 22.8. The van der Waals surface area contributed by atoms with E-state index in [4.69, 9.17) is 4.43 Å². The highest BCUT2D eigenvalue weighted by Gasteiger charge is 2.51. The minimum atomic E-state index is -2.49. The van der Waals surface area contributed by atoms with Crippen LogP contribution in [-0.4, -0.2) is 19.9 Å². The number of hydrogen-bond acceptors (Lipinski definition) is 2. The van der Waals surface area contributed by atoms with Crippen LogP contribution in [0.4, 0.5) is 0 Å². The summed E-state index contributed by atoms with van der Waals surface area (Å²) in [6, 6.07) is 26.5. The first-order chi connectivity index (χ1) is 15.4. The van der Waals surface area contributed by atoms with Crippen molar-refractivity contribution in [3.8, 4) is 0 Å². The van der Waals surface area contributed by atoms with Crippen LogP contribution in [0.25, 0.3) is 0 Å². The van der Waals surface area contributed by atoms with Crippen molar-refractivity contribution in [1.82, 2.24) is 4.98 Å². The smallest absolute Gasteiger partial charge is 0.261 e. The molecule has 1 heterocycles. The van der Waals surface area contributed by atoms with Crippen molar-refractivity contribution in [2.75, 3.05) is 6.61 Å². The maximum absolute atomic E-state index is 7.31. The Morgan fingerprint density at radius 3 is 2.03 bits per heavy atom. The fourth-order valence-corrected chi connectivity index (χ4v) is 10.3. The average Bonchev–Trinajstić information content (AvgIpc) is 2.77. The predicted molar refractivity (Wildman–Crippen MR) is 137 cm³/mol. The van der Waals surface area contributed by atoms with Crippen LogP contribution in [0.15, 0.2) is 79.0 Å². The number of nitrogens with zero attached hydrogens (tertiary/aromatic N) is 1. The molecule has 3 heteroatoms. The maximum Gasteiger partial charge on any atom is 0.261 e. The van der Waals surface area contributed by atoms with Gasteiger partial charge < -0.3 is 4.43 Å². The molecule has 1 aliphatic rings. The summed E-state index contributed by atoms with van der Waals surface area (Å²) in [5.41, 5.74) is 2.53. The molecule has 2 nitrogen and oxygen atoms in total. The molecular formula is C29H37NOSi. The quantitative estimate of drug-likeness (QED) is 0.412. The molecule has 3 atom stereocenters. The van der Waals surface area contributed by atoms with E-state index >= 15 is 0 Å². The molecule has 0 unspecified atom stereocenters. The minimum absolute atomic E-state index is 0.0178. The third kappa shape index (κ3) is 4.21. The molecule has 1 fully saturated rings. The summed E-state index contributed by atoms with van der Waals surface area (Å²) < 4.78 is 7.31. The maximum atomic E-state index is 7.31. The van der Waals surface area contributed by atoms with Crippen LogP contribution in [0.5, 0.6) is 0 Å². The second kappa shape index (κ2) is 9.33. The van der Waals surface area contributed by atoms with Gasteiger partial charge in [-0.15, -0.1) is 0 Å². The van der Waals surface area contributed by atoms with Gasteiger partial charge >= 0.3 is 0 Å². The molecule has 0 aliphatic heterocycles. The van der Waals surface area contributed by atoms with Gasteiger partial charge in [-0.05, 0) is 64.2 Å². The monoisotopic (exact) mass is 443 g/mol. The van der Waals surface area contributed by atoms with Crippen molar-refractivity contribution in [2.24, 2.45) is 11.8 Å². The minimum Gasteiger partial charge on any atom is -0.407 e. The predicted octanol–water partition coefficient (Wildman–Crippen LogP) is 6.10. The SMILES string of the molecule is CC[C@H]1C[C@@H](c2ccnc(C)c2)[C@@H]1CO[Si](c1ccccc1)(c1ccccc1)C(C)(C)C. The third-order valence-corrected chi connectivity index (χ3v) is 12.5. The Hall–Kier alpha value is -2.23. The van der Waals surface area contributed by atoms with Gasteiger partial charge in [0.25, 0.3) is 8.32 Å². The Morgan fingerprint density at radius 1 is 0.938 bits per heavy atom. The van der Waals surface area contributed by atoms with Crippen molar-refractivity contribution < 1.29 is 4.43 Å². The molecule has 0 amide bonds. The lowest BCUT2D eigenvalue weighted by molar-refractivity contribution is 0.0656. The van der Waals surface area contributed by atoms with Gasteiger partial charge in [-0.1, -0.05) is 94.8 Å². The molecule has 3 aromatic rings. The first-order valence-corrected chi connectivity index (χ1v) is 13.9. The Morgan fingerprint density at radius 2 is 1.53 bits per heavy atom. The fraction of sp³-hybridized carbons (Fsp3) is 0.414. The van der Waals surface area contributed by atoms with E-state index < -0.39 is 8.32 Å². The lowest BCUT2D eigenvalue weighted by Crippen LogP contribution is -2.67. The first-order valence-electron chi connectivity index (χ1n) is 12.0. The van der Waals surface area contributed by atoms with Gasteiger partial charge in [0.15, 0.2) is 0 Å². The highest BCUT2D eigenvalue weighted by Crippen LogP contribution is 2.50. The molecule has 1 aromatic heterocycles. The lowest BCUT2D eigenvalue weighted by Gasteiger charge is -2.49. The molecule has 32 heavy (non-hydrogen) atoms. The van der Waals surface area contributed by atoms with Crippen molar-refractivity contribution in [3.05, 3.63) is 90.3 Å². The summed E-state index contributed by atoms with van der Waals surface area (Å²) in [6.07, 6.45) is 4.44. The van der Waals surface area contributed by atoms with Crippen LogP contribution in [0.3, 0.4) is 0 Å². The molecule has 0 bridgehead atoms. The van der Waals surface area contributed by atoms with Crippen LogP contribution >= 0.6 is 0 Å². The van der Waals surface area contributed by atoms with Crippen LogP contribution in [0.1, 0.15) is 57.7 Å². The molecule has 0 spiro atoms. The van der Waals surface area contributed by atoms with Gasteiger partial charge in [0.05, 0.1) is 0 Å². The number of rotatable bonds is 7. The summed E-state index contributed by atoms with van der Waals surface area (Å²) in [5, 5.41) is 2.74. The van der Waals surface area contributed by atoms with Crippen molar-refractivity contribution >= 4 is 18.7 Å². The summed E-state index contributed by atoms with van der Waals surface area (Å²) in [4.78, 5) is 4.42. The summed E-state index contributed by atoms with van der Waals surface area (Å²) in [5.74, 6) is 1.86. The van der Waals surface area contributed by atoms with Crippen molar-refractivity contribution in [2.45, 2.75) is 58.4 Å². The zero-order valence-electron chi connectivity index (χ0n) is 20.2. The normalized spacial score (nSPS) is 21.2. The van der Waals surface area contributed by atoms with Crippen molar-refractivity contribution in [3.63, 3.8) is 0 Å². The molecule has 0 N–H and O–H groups in total. The topological polar surface area (TPSA) is 22.1 Å². The second-order valence-electron chi connectivity index (χ2n) is 10.4. The van der Waals surface area contributed by atoms with Crippen LogP contribution in [0, 0.1) is 18.8 Å². The highest BCUT2D eigenvalue weighted by atomic mass is 28.4. The van der Waals surface area contributed by atoms with Gasteiger partial charge in [-0.25, -0.2) is 0 Å². The van der Waals surface area contributed by atoms with Gasteiger partial charge in [0.1, 0.15) is 0 Å². The number of benzene rings is 2. The van der Waals surface area contributed by atoms with Gasteiger partial charge in [-0.2, -0.15) is 0 Å². The molecule has 0 radical (unpaired) electrons. The van der Waals surface area contributed by atoms with E-state index in [0.717, 1.165) is 18.2 Å². The average molecular weight is 444 g/mol. The van der Waals surface area contributed by atoms with E-state index in [0.29, 0.717) is 11.8 Å². The molecule has 168 valence electrons. The molecular weight excluding hydrogens is 406 g/mol. The second-order valence-corrected chi connectivity index (χ2v) is 14.7. The van der Waals surface area contributed by atoms with Crippen molar-refractivity contribution in [1.29, 1.82) is 0 Å². The van der Waals surface area contributed by atoms with Gasteiger partial charge in [0, 0.05) is 18.5 Å². The fourth-order valence-electron chi connectivity index (χ4n) is 5.69. The van der Waals surface area contributed by atoms with E-state index in [1.807, 2.05) is 6.20 Å². The third-order valence-electron chi connectivity index (χ3n) is 7.46. The lowest BCUT2D eigenvalue weighted by atomic mass is 9.61. The van der Waals surface area contributed by atoms with E-state index in [1.54, 1.807) is 0 Å². The molecule has 1 saturated carbocycles. The highest BCUT2D eigenvalue weighted by molar-refractivity contribution is 6.99. The Labute approximate surface area is 195 Å². The van der Waals surface area contributed by atoms with E-state index in [1.165, 1.54) is 28.8 Å². The standard InChI is InChI=1S/C29H37NOSi/c1-6-23-20-27(24-17-18-30-22(2)19-24)28(23)21-31-32(29(3,4)5,25-13-9-7-10-14-25)26-15-11-8-12-16-26/h7-19,23,27-28H,6,20-21H2,1-5H3/t23-,27-,28+/m0/s1. The first kappa shape index (κ1) is 22.9. The van der Waals surface area contributed by atoms with Gasteiger partial charge in [0.2, 0.25) is 0 Å². The summed E-state index contributed by atoms with van der Waals surface area (Å²) in [7, 11) is -2.49. The Balaban J connectivity index is 1.71. The van der Waals surface area contributed by atoms with E-state index in [-0.39, 0.29) is 5.04 Å². The van der Waals surface area contributed by atoms with Crippen LogP contribution in [0.2, 0.25) is 5.04 Å². The zero-order valence-corrected chi connectivity index (χ0v) is 21.2. The van der Waals surface area contributed by atoms with Crippen LogP contribution < -0.4 is 10.4 Å². The molecule has 0 saturated heterocycles. The number of aromatic nitrogens is 1. The summed E-state index contributed by atoms with van der Waals surface area (Å²) in [6.45, 7) is 12.3. The van der Waals surface area contributed by atoms with Gasteiger partial charge in [-0.3, -0.25) is 4.98 Å². The largest absolute Gasteiger partial charge is 0.407 e. The number of hydrogen-bond donors (Lipinski definition) is 0. The van der Waals surface area contributed by atoms with Crippen LogP contribution in [-0.2, 0) is 4.43 Å². The number of aryl methyl sites for hydroxylation is 1.